The van der Waals surface area contributed by atoms with Gasteiger partial charge < -0.3 is 4.90 Å². The Labute approximate surface area is 108 Å². The number of benzene rings is 1. The molecule has 1 fully saturated rings. The monoisotopic (exact) mass is 244 g/mol. The topological polar surface area (TPSA) is 23.6 Å². The minimum absolute atomic E-state index is 0.170. The third-order valence-electron chi connectivity index (χ3n) is 4.12. The summed E-state index contributed by atoms with van der Waals surface area (Å²) in [7, 11) is 0. The number of carbonyl (C=O) groups is 1. The van der Waals surface area contributed by atoms with Crippen molar-refractivity contribution in [1.29, 1.82) is 0 Å². The van der Waals surface area contributed by atoms with Crippen LogP contribution < -0.4 is 4.90 Å². The number of amides is 2. The Morgan fingerprint density at radius 2 is 1.94 bits per heavy atom. The van der Waals surface area contributed by atoms with Gasteiger partial charge in [-0.05, 0) is 39.7 Å². The van der Waals surface area contributed by atoms with Crippen LogP contribution in [0.1, 0.15) is 39.2 Å². The molecule has 3 heteroatoms. The number of fused-ring (bicyclic) bond motifs is 1. The van der Waals surface area contributed by atoms with E-state index in [2.05, 4.69) is 36.9 Å². The van der Waals surface area contributed by atoms with Crippen LogP contribution >= 0.6 is 0 Å². The maximum absolute atomic E-state index is 12.7. The molecule has 1 aromatic carbocycles. The zero-order chi connectivity index (χ0) is 12.9. The second-order valence-electron chi connectivity index (χ2n) is 5.70. The average Bonchev–Trinajstić information content (AvgIpc) is 3.14. The second kappa shape index (κ2) is 3.74. The lowest BCUT2D eigenvalue weighted by Gasteiger charge is -2.48. The summed E-state index contributed by atoms with van der Waals surface area (Å²) in [6.45, 7) is 7.09. The minimum Gasteiger partial charge on any atom is -0.312 e. The lowest BCUT2D eigenvalue weighted by molar-refractivity contribution is 0.127. The normalized spacial score (nSPS) is 22.1. The molecule has 1 aromatic rings. The van der Waals surface area contributed by atoms with Crippen LogP contribution in [0.2, 0.25) is 0 Å². The molecule has 0 saturated heterocycles. The molecule has 2 aliphatic rings. The molecule has 0 unspecified atom stereocenters. The first-order valence-corrected chi connectivity index (χ1v) is 6.77. The number of rotatable bonds is 2. The first kappa shape index (κ1) is 11.6. The standard InChI is InChI=1S/C15H20N2O/c1-4-16-13-8-6-5-7-12(13)15(2,3)17(14(16)18)11-9-10-11/h5-8,11H,4,9-10H2,1-3H3. The second-order valence-corrected chi connectivity index (χ2v) is 5.70. The van der Waals surface area contributed by atoms with Gasteiger partial charge in [-0.3, -0.25) is 4.90 Å². The van der Waals surface area contributed by atoms with Crippen molar-refractivity contribution in [3.8, 4) is 0 Å². The van der Waals surface area contributed by atoms with Crippen molar-refractivity contribution >= 4 is 11.7 Å². The number of anilines is 1. The molecule has 0 spiro atoms. The van der Waals surface area contributed by atoms with Gasteiger partial charge in [-0.2, -0.15) is 0 Å². The lowest BCUT2D eigenvalue weighted by atomic mass is 9.88. The third kappa shape index (κ3) is 1.46. The van der Waals surface area contributed by atoms with Crippen molar-refractivity contribution in [3.05, 3.63) is 29.8 Å². The van der Waals surface area contributed by atoms with Crippen molar-refractivity contribution in [2.24, 2.45) is 0 Å². The van der Waals surface area contributed by atoms with Crippen LogP contribution in [-0.2, 0) is 5.54 Å². The van der Waals surface area contributed by atoms with E-state index in [1.54, 1.807) is 0 Å². The van der Waals surface area contributed by atoms with Gasteiger partial charge in [-0.25, -0.2) is 4.79 Å². The van der Waals surface area contributed by atoms with Gasteiger partial charge in [0, 0.05) is 18.2 Å². The van der Waals surface area contributed by atoms with Gasteiger partial charge in [0.2, 0.25) is 0 Å². The van der Waals surface area contributed by atoms with E-state index in [1.807, 2.05) is 17.9 Å². The summed E-state index contributed by atoms with van der Waals surface area (Å²) in [4.78, 5) is 16.7. The Kier molecular flexibility index (Phi) is 2.40. The van der Waals surface area contributed by atoms with Gasteiger partial charge in [0.05, 0.1) is 11.2 Å². The zero-order valence-corrected chi connectivity index (χ0v) is 11.3. The van der Waals surface area contributed by atoms with E-state index < -0.39 is 0 Å². The van der Waals surface area contributed by atoms with Gasteiger partial charge in [-0.15, -0.1) is 0 Å². The number of para-hydroxylation sites is 1. The van der Waals surface area contributed by atoms with E-state index >= 15 is 0 Å². The fourth-order valence-electron chi connectivity index (χ4n) is 3.08. The molecule has 0 radical (unpaired) electrons. The average molecular weight is 244 g/mol. The summed E-state index contributed by atoms with van der Waals surface area (Å²) in [5.74, 6) is 0. The molecule has 3 rings (SSSR count). The Hall–Kier alpha value is -1.51. The van der Waals surface area contributed by atoms with E-state index in [4.69, 9.17) is 0 Å². The molecule has 96 valence electrons. The summed E-state index contributed by atoms with van der Waals surface area (Å²) < 4.78 is 0. The van der Waals surface area contributed by atoms with Crippen LogP contribution in [0.3, 0.4) is 0 Å². The van der Waals surface area contributed by atoms with Crippen molar-refractivity contribution < 1.29 is 4.79 Å². The molecule has 0 aromatic heterocycles. The molecule has 1 aliphatic heterocycles. The first-order chi connectivity index (χ1) is 8.57. The van der Waals surface area contributed by atoms with Gasteiger partial charge in [0.15, 0.2) is 0 Å². The molecule has 0 bridgehead atoms. The number of hydrogen-bond donors (Lipinski definition) is 0. The highest BCUT2D eigenvalue weighted by molar-refractivity contribution is 5.96. The molecule has 1 saturated carbocycles. The predicted octanol–water partition coefficient (Wildman–Crippen LogP) is 3.35. The molecular formula is C15H20N2O. The maximum Gasteiger partial charge on any atom is 0.325 e. The smallest absolute Gasteiger partial charge is 0.312 e. The van der Waals surface area contributed by atoms with Crippen molar-refractivity contribution in [3.63, 3.8) is 0 Å². The van der Waals surface area contributed by atoms with Gasteiger partial charge >= 0.3 is 6.03 Å². The summed E-state index contributed by atoms with van der Waals surface area (Å²) in [6.07, 6.45) is 2.30. The lowest BCUT2D eigenvalue weighted by Crippen LogP contribution is -2.57. The molecule has 3 nitrogen and oxygen atoms in total. The molecule has 1 heterocycles. The largest absolute Gasteiger partial charge is 0.325 e. The summed E-state index contributed by atoms with van der Waals surface area (Å²) >= 11 is 0. The van der Waals surface area contributed by atoms with Crippen LogP contribution in [0.5, 0.6) is 0 Å². The molecule has 1 aliphatic carbocycles. The zero-order valence-electron chi connectivity index (χ0n) is 11.3. The minimum atomic E-state index is -0.194. The van der Waals surface area contributed by atoms with Crippen molar-refractivity contribution in [2.45, 2.75) is 45.2 Å². The van der Waals surface area contributed by atoms with Crippen molar-refractivity contribution in [1.82, 2.24) is 4.90 Å². The van der Waals surface area contributed by atoms with E-state index in [1.165, 1.54) is 5.56 Å². The Balaban J connectivity index is 2.16. The van der Waals surface area contributed by atoms with Crippen LogP contribution in [0, 0.1) is 0 Å². The first-order valence-electron chi connectivity index (χ1n) is 6.77. The Bertz CT molecular complexity index is 491. The van der Waals surface area contributed by atoms with Crippen LogP contribution in [0.4, 0.5) is 10.5 Å². The molecule has 0 N–H and O–H groups in total. The Morgan fingerprint density at radius 1 is 1.28 bits per heavy atom. The molecule has 2 amide bonds. The summed E-state index contributed by atoms with van der Waals surface area (Å²) in [5.41, 5.74) is 2.14. The molecule has 18 heavy (non-hydrogen) atoms. The number of hydrogen-bond acceptors (Lipinski definition) is 1. The van der Waals surface area contributed by atoms with Crippen LogP contribution in [0.15, 0.2) is 24.3 Å². The highest BCUT2D eigenvalue weighted by Gasteiger charge is 2.48. The molecule has 0 atom stereocenters. The number of carbonyl (C=O) groups excluding carboxylic acids is 1. The predicted molar refractivity (Wildman–Crippen MR) is 72.7 cm³/mol. The summed E-state index contributed by atoms with van der Waals surface area (Å²) in [6, 6.07) is 8.90. The number of nitrogens with zero attached hydrogens (tertiary/aromatic N) is 2. The maximum atomic E-state index is 12.7. The fraction of sp³-hybridized carbons (Fsp3) is 0.533. The Morgan fingerprint density at radius 3 is 2.56 bits per heavy atom. The highest BCUT2D eigenvalue weighted by atomic mass is 16.2. The van der Waals surface area contributed by atoms with Crippen LogP contribution in [0.25, 0.3) is 0 Å². The van der Waals surface area contributed by atoms with E-state index in [9.17, 15) is 4.79 Å². The van der Waals surface area contributed by atoms with E-state index in [0.29, 0.717) is 6.04 Å². The third-order valence-corrected chi connectivity index (χ3v) is 4.12. The summed E-state index contributed by atoms with van der Waals surface area (Å²) in [5, 5.41) is 0. The van der Waals surface area contributed by atoms with Gasteiger partial charge in [-0.1, -0.05) is 18.2 Å². The van der Waals surface area contributed by atoms with Crippen molar-refractivity contribution in [2.75, 3.05) is 11.4 Å². The highest BCUT2D eigenvalue weighted by Crippen LogP contribution is 2.45. The van der Waals surface area contributed by atoms with E-state index in [-0.39, 0.29) is 11.6 Å². The van der Waals surface area contributed by atoms with E-state index in [0.717, 1.165) is 25.1 Å². The molecular weight excluding hydrogens is 224 g/mol. The SMILES string of the molecule is CCN1C(=O)N(C2CC2)C(C)(C)c2ccccc21. The van der Waals surface area contributed by atoms with Crippen LogP contribution in [-0.4, -0.2) is 23.5 Å². The van der Waals surface area contributed by atoms with Gasteiger partial charge in [0.25, 0.3) is 0 Å². The quantitative estimate of drug-likeness (QED) is 0.782. The number of urea groups is 1. The van der Waals surface area contributed by atoms with Gasteiger partial charge in [0.1, 0.15) is 0 Å². The fourth-order valence-corrected chi connectivity index (χ4v) is 3.08.